The molecule has 0 unspecified atom stereocenters. The molecule has 46 heavy (non-hydrogen) atoms. The molecule has 3 aliphatic rings. The number of carbonyl (C=O) groups excluding carboxylic acids is 2. The lowest BCUT2D eigenvalue weighted by Gasteiger charge is -2.36. The number of aromatic nitrogens is 3. The summed E-state index contributed by atoms with van der Waals surface area (Å²) >= 11 is 0. The van der Waals surface area contributed by atoms with Gasteiger partial charge < -0.3 is 19.9 Å². The number of nitrogens with one attached hydrogen (secondary N) is 1. The van der Waals surface area contributed by atoms with E-state index in [1.54, 1.807) is 10.7 Å². The highest BCUT2D eigenvalue weighted by Gasteiger charge is 2.30. The molecule has 2 amide bonds. The number of hydrogen-bond acceptors (Lipinski definition) is 8. The maximum atomic E-state index is 13.2. The van der Waals surface area contributed by atoms with Crippen molar-refractivity contribution in [1.29, 1.82) is 0 Å². The number of alkyl halides is 3. The Balaban J connectivity index is 1.02. The van der Waals surface area contributed by atoms with Crippen LogP contribution >= 0.6 is 0 Å². The van der Waals surface area contributed by atoms with Crippen LogP contribution in [-0.2, 0) is 9.53 Å². The Bertz CT molecular complexity index is 1540. The summed E-state index contributed by atoms with van der Waals surface area (Å²) in [6.45, 7) is 9.37. The molecule has 0 spiro atoms. The summed E-state index contributed by atoms with van der Waals surface area (Å²) in [6.07, 6.45) is -1.83. The molecule has 1 N–H and O–H groups in total. The summed E-state index contributed by atoms with van der Waals surface area (Å²) in [5, 5.41) is 7.76. The van der Waals surface area contributed by atoms with Gasteiger partial charge in [0, 0.05) is 94.9 Å². The van der Waals surface area contributed by atoms with Crippen molar-refractivity contribution in [3.8, 4) is 0 Å². The topological polar surface area (TPSA) is 98.5 Å². The quantitative estimate of drug-likeness (QED) is 0.380. The van der Waals surface area contributed by atoms with Crippen molar-refractivity contribution in [3.63, 3.8) is 0 Å². The van der Waals surface area contributed by atoms with Gasteiger partial charge in [-0.3, -0.25) is 19.4 Å². The fraction of sp³-hybridized carbons (Fsp3) is 0.500. The number of piperazine rings is 1. The number of ether oxygens (including phenoxy) is 1. The Morgan fingerprint density at radius 2 is 1.61 bits per heavy atom. The zero-order chi connectivity index (χ0) is 32.1. The molecule has 0 atom stereocenters. The number of anilines is 2. The number of morpholine rings is 1. The predicted octanol–water partition coefficient (Wildman–Crippen LogP) is 3.52. The van der Waals surface area contributed by atoms with Crippen LogP contribution in [0, 0.1) is 0 Å². The molecule has 246 valence electrons. The van der Waals surface area contributed by atoms with Crippen LogP contribution in [0.2, 0.25) is 0 Å². The first-order chi connectivity index (χ1) is 22.2. The van der Waals surface area contributed by atoms with Crippen molar-refractivity contribution in [2.24, 2.45) is 0 Å². The van der Waals surface area contributed by atoms with E-state index in [9.17, 15) is 22.8 Å². The van der Waals surface area contributed by atoms with Gasteiger partial charge in [-0.2, -0.15) is 18.2 Å². The molecule has 0 bridgehead atoms. The van der Waals surface area contributed by atoms with E-state index in [-0.39, 0.29) is 12.5 Å². The Labute approximate surface area is 265 Å². The van der Waals surface area contributed by atoms with Crippen LogP contribution in [0.15, 0.2) is 48.7 Å². The molecule has 14 heteroatoms. The van der Waals surface area contributed by atoms with E-state index in [1.807, 2.05) is 47.4 Å². The van der Waals surface area contributed by atoms with Gasteiger partial charge in [-0.25, -0.2) is 4.52 Å². The van der Waals surface area contributed by atoms with Gasteiger partial charge in [0.2, 0.25) is 11.9 Å². The van der Waals surface area contributed by atoms with Crippen LogP contribution in [0.5, 0.6) is 0 Å². The normalized spacial score (nSPS) is 18.5. The van der Waals surface area contributed by atoms with E-state index in [0.717, 1.165) is 69.3 Å². The number of nitrogens with zero attached hydrogens (tertiary/aromatic N) is 7. The first kappa shape index (κ1) is 32.0. The molecule has 3 aliphatic heterocycles. The summed E-state index contributed by atoms with van der Waals surface area (Å²) < 4.78 is 44.7. The minimum Gasteiger partial charge on any atom is -0.379 e. The van der Waals surface area contributed by atoms with Gasteiger partial charge in [0.1, 0.15) is 0 Å². The molecule has 1 aromatic carbocycles. The second kappa shape index (κ2) is 14.2. The molecule has 3 aromatic rings. The standard InChI is InChI=1S/C32H39F3N8O3/c33-32(34,35)10-7-28(44)41-12-8-24(9-13-41)27-2-1-11-43-29(27)37-31(38-43)36-26-5-3-25(4-6-26)30(45)42-18-16-39(17-19-42)14-15-40-20-22-46-23-21-40/h1-6,8,11H,7,9-10,12-23H2,(H,36,38). The lowest BCUT2D eigenvalue weighted by Crippen LogP contribution is -2.51. The van der Waals surface area contributed by atoms with E-state index < -0.39 is 24.9 Å². The number of pyridine rings is 1. The Kier molecular flexibility index (Phi) is 9.85. The zero-order valence-electron chi connectivity index (χ0n) is 25.7. The van der Waals surface area contributed by atoms with Gasteiger partial charge in [-0.15, -0.1) is 5.10 Å². The Hall–Kier alpha value is -4.01. The fourth-order valence-electron chi connectivity index (χ4n) is 6.05. The molecular weight excluding hydrogens is 601 g/mol. The smallest absolute Gasteiger partial charge is 0.379 e. The zero-order valence-corrected chi connectivity index (χ0v) is 25.7. The number of halogens is 3. The molecule has 6 rings (SSSR count). The highest BCUT2D eigenvalue weighted by Crippen LogP contribution is 2.28. The SMILES string of the molecule is O=C(CCC(F)(F)F)N1CC=C(c2cccn3nc(Nc4ccc(C(=O)N5CCN(CCN6CCOCC6)CC5)cc4)nc23)CC1. The van der Waals surface area contributed by atoms with Crippen molar-refractivity contribution in [3.05, 3.63) is 59.8 Å². The predicted molar refractivity (Wildman–Crippen MR) is 167 cm³/mol. The molecule has 0 radical (unpaired) electrons. The number of hydrogen-bond donors (Lipinski definition) is 1. The van der Waals surface area contributed by atoms with Gasteiger partial charge >= 0.3 is 6.18 Å². The first-order valence-electron chi connectivity index (χ1n) is 15.8. The first-order valence-corrected chi connectivity index (χ1v) is 15.8. The van der Waals surface area contributed by atoms with E-state index in [2.05, 4.69) is 25.2 Å². The summed E-state index contributed by atoms with van der Waals surface area (Å²) in [6, 6.07) is 11.1. The van der Waals surface area contributed by atoms with Crippen LogP contribution in [0.25, 0.3) is 11.2 Å². The van der Waals surface area contributed by atoms with Crippen molar-refractivity contribution >= 4 is 34.7 Å². The molecule has 2 aromatic heterocycles. The second-order valence-electron chi connectivity index (χ2n) is 11.8. The highest BCUT2D eigenvalue weighted by atomic mass is 19.4. The lowest BCUT2D eigenvalue weighted by atomic mass is 10.00. The maximum absolute atomic E-state index is 13.2. The number of rotatable bonds is 9. The van der Waals surface area contributed by atoms with Crippen LogP contribution in [-0.4, -0.2) is 131 Å². The Morgan fingerprint density at radius 1 is 0.891 bits per heavy atom. The van der Waals surface area contributed by atoms with Crippen molar-refractivity contribution in [2.75, 3.05) is 84.0 Å². The van der Waals surface area contributed by atoms with Gasteiger partial charge in [-0.05, 0) is 48.4 Å². The fourth-order valence-corrected chi connectivity index (χ4v) is 6.05. The van der Waals surface area contributed by atoms with Crippen LogP contribution in [0.4, 0.5) is 24.8 Å². The summed E-state index contributed by atoms with van der Waals surface area (Å²) in [5.41, 5.74) is 3.82. The van der Waals surface area contributed by atoms with Crippen molar-refractivity contribution < 1.29 is 27.5 Å². The maximum Gasteiger partial charge on any atom is 0.389 e. The van der Waals surface area contributed by atoms with Gasteiger partial charge in [-0.1, -0.05) is 6.08 Å². The highest BCUT2D eigenvalue weighted by molar-refractivity contribution is 5.94. The van der Waals surface area contributed by atoms with Crippen molar-refractivity contribution in [2.45, 2.75) is 25.4 Å². The van der Waals surface area contributed by atoms with E-state index in [4.69, 9.17) is 4.74 Å². The molecule has 0 saturated carbocycles. The van der Waals surface area contributed by atoms with Crippen molar-refractivity contribution in [1.82, 2.24) is 34.2 Å². The van der Waals surface area contributed by atoms with E-state index >= 15 is 0 Å². The summed E-state index contributed by atoms with van der Waals surface area (Å²) in [5.74, 6) is -0.0819. The summed E-state index contributed by atoms with van der Waals surface area (Å²) in [7, 11) is 0. The molecule has 2 saturated heterocycles. The van der Waals surface area contributed by atoms with Crippen LogP contribution < -0.4 is 5.32 Å². The minimum atomic E-state index is -4.35. The third-order valence-electron chi connectivity index (χ3n) is 8.78. The number of amides is 2. The van der Waals surface area contributed by atoms with E-state index in [0.29, 0.717) is 43.2 Å². The van der Waals surface area contributed by atoms with Gasteiger partial charge in [0.25, 0.3) is 5.91 Å². The monoisotopic (exact) mass is 640 g/mol. The second-order valence-corrected chi connectivity index (χ2v) is 11.8. The third kappa shape index (κ3) is 8.03. The minimum absolute atomic E-state index is 0.0243. The molecule has 5 heterocycles. The average molecular weight is 641 g/mol. The van der Waals surface area contributed by atoms with Gasteiger partial charge in [0.05, 0.1) is 19.6 Å². The molecule has 0 aliphatic carbocycles. The lowest BCUT2D eigenvalue weighted by molar-refractivity contribution is -0.148. The van der Waals surface area contributed by atoms with Gasteiger partial charge in [0.15, 0.2) is 5.65 Å². The largest absolute Gasteiger partial charge is 0.389 e. The Morgan fingerprint density at radius 3 is 2.28 bits per heavy atom. The molecule has 2 fully saturated rings. The van der Waals surface area contributed by atoms with E-state index in [1.165, 1.54) is 4.90 Å². The number of benzene rings is 1. The number of carbonyl (C=O) groups is 2. The van der Waals surface area contributed by atoms with Crippen LogP contribution in [0.3, 0.4) is 0 Å². The van der Waals surface area contributed by atoms with Crippen LogP contribution in [0.1, 0.15) is 35.2 Å². The molecular formula is C32H39F3N8O3. The average Bonchev–Trinajstić information content (AvgIpc) is 3.49. The molecule has 11 nitrogen and oxygen atoms in total. The summed E-state index contributed by atoms with van der Waals surface area (Å²) in [4.78, 5) is 38.3. The number of fused-ring (bicyclic) bond motifs is 1. The third-order valence-corrected chi connectivity index (χ3v) is 8.78.